The zero-order valence-corrected chi connectivity index (χ0v) is 35.1. The first-order chi connectivity index (χ1) is 26.5. The van der Waals surface area contributed by atoms with Crippen molar-refractivity contribution in [3.63, 3.8) is 0 Å². The van der Waals surface area contributed by atoms with E-state index in [9.17, 15) is 18.0 Å². The Labute approximate surface area is 340 Å². The average Bonchev–Trinajstić information content (AvgIpc) is 3.21. The number of halogens is 3. The van der Waals surface area contributed by atoms with Gasteiger partial charge in [-0.3, -0.25) is 9.59 Å². The first kappa shape index (κ1) is 42.0. The minimum atomic E-state index is -3.59. The van der Waals surface area contributed by atoms with Gasteiger partial charge in [-0.05, 0) is 107 Å². The molecule has 4 saturated heterocycles. The molecule has 0 aliphatic carbocycles. The highest BCUT2D eigenvalue weighted by Gasteiger charge is 2.31. The highest BCUT2D eigenvalue weighted by Crippen LogP contribution is 2.29. The molecule has 55 heavy (non-hydrogen) atoms. The molecule has 0 spiro atoms. The molecule has 2 aromatic heterocycles. The smallest absolute Gasteiger partial charge is 0.287 e. The number of nitrogens with one attached hydrogen (secondary N) is 3. The molecule has 4 aliphatic heterocycles. The molecule has 3 aromatic rings. The topological polar surface area (TPSA) is 162 Å². The molecule has 0 amide bonds. The number of aromatic nitrogens is 4. The maximum Gasteiger partial charge on any atom is 0.287 e. The molecule has 1 aromatic carbocycles. The second-order valence-corrected chi connectivity index (χ2v) is 18.2. The first-order valence-corrected chi connectivity index (χ1v) is 22.2. The fourth-order valence-electron chi connectivity index (χ4n) is 7.41. The second-order valence-electron chi connectivity index (χ2n) is 14.7. The summed E-state index contributed by atoms with van der Waals surface area (Å²) in [6, 6.07) is 4.97. The maximum absolute atomic E-state index is 13.1. The van der Waals surface area contributed by atoms with Crippen molar-refractivity contribution in [1.82, 2.24) is 29.2 Å². The molecular formula is C37H51BrCl2N8O6S. The monoisotopic (exact) mass is 884 g/mol. The first-order valence-electron chi connectivity index (χ1n) is 19.2. The average molecular weight is 887 g/mol. The Morgan fingerprint density at radius 3 is 1.80 bits per heavy atom. The quantitative estimate of drug-likeness (QED) is 0.236. The molecule has 2 atom stereocenters. The van der Waals surface area contributed by atoms with Crippen LogP contribution < -0.4 is 27.1 Å². The predicted molar refractivity (Wildman–Crippen MR) is 218 cm³/mol. The van der Waals surface area contributed by atoms with Gasteiger partial charge in [0.1, 0.15) is 10.0 Å². The number of rotatable bonds is 10. The van der Waals surface area contributed by atoms with E-state index in [-0.39, 0.29) is 38.1 Å². The van der Waals surface area contributed by atoms with E-state index in [4.69, 9.17) is 32.7 Å². The van der Waals surface area contributed by atoms with Crippen LogP contribution in [0.5, 0.6) is 0 Å². The lowest BCUT2D eigenvalue weighted by molar-refractivity contribution is 0.0594. The van der Waals surface area contributed by atoms with Crippen LogP contribution in [-0.4, -0.2) is 98.0 Å². The van der Waals surface area contributed by atoms with Gasteiger partial charge in [-0.2, -0.15) is 14.5 Å². The highest BCUT2D eigenvalue weighted by molar-refractivity contribution is 9.10. The molecule has 0 radical (unpaired) electrons. The van der Waals surface area contributed by atoms with Crippen LogP contribution in [0.15, 0.2) is 49.6 Å². The summed E-state index contributed by atoms with van der Waals surface area (Å²) in [6.45, 7) is 8.89. The van der Waals surface area contributed by atoms with Gasteiger partial charge in [-0.1, -0.05) is 39.1 Å². The lowest BCUT2D eigenvalue weighted by Gasteiger charge is -2.31. The zero-order valence-electron chi connectivity index (χ0n) is 31.2. The number of ether oxygens (including phenoxy) is 2. The molecule has 3 N–H and O–H groups in total. The summed E-state index contributed by atoms with van der Waals surface area (Å²) >= 11 is 16.0. The third-order valence-electron chi connectivity index (χ3n) is 10.7. The number of hydrogen-bond donors (Lipinski definition) is 3. The van der Waals surface area contributed by atoms with Gasteiger partial charge in [0, 0.05) is 43.9 Å². The van der Waals surface area contributed by atoms with Crippen molar-refractivity contribution in [3.8, 4) is 0 Å². The van der Waals surface area contributed by atoms with E-state index in [2.05, 4.69) is 42.1 Å². The Bertz CT molecular complexity index is 1980. The number of anilines is 2. The molecule has 6 heterocycles. The minimum absolute atomic E-state index is 0.113. The number of piperidine rings is 2. The van der Waals surface area contributed by atoms with Crippen molar-refractivity contribution < 1.29 is 17.9 Å². The van der Waals surface area contributed by atoms with Gasteiger partial charge < -0.3 is 25.4 Å². The lowest BCUT2D eigenvalue weighted by Crippen LogP contribution is -2.41. The van der Waals surface area contributed by atoms with Crippen LogP contribution in [0.1, 0.15) is 69.0 Å². The zero-order chi connectivity index (χ0) is 39.0. The Morgan fingerprint density at radius 1 is 0.818 bits per heavy atom. The summed E-state index contributed by atoms with van der Waals surface area (Å²) in [5, 5.41) is 18.8. The van der Waals surface area contributed by atoms with Crippen LogP contribution in [-0.2, 0) is 19.5 Å². The second kappa shape index (κ2) is 19.7. The van der Waals surface area contributed by atoms with Crippen LogP contribution in [0.25, 0.3) is 0 Å². The van der Waals surface area contributed by atoms with E-state index in [0.717, 1.165) is 88.0 Å². The van der Waals surface area contributed by atoms with Crippen molar-refractivity contribution >= 4 is 60.5 Å². The Kier molecular flexibility index (Phi) is 15.1. The number of nitrogens with zero attached hydrogens (tertiary/aromatic N) is 5. The van der Waals surface area contributed by atoms with Gasteiger partial charge in [-0.15, -0.1) is 0 Å². The summed E-state index contributed by atoms with van der Waals surface area (Å²) in [7, 11) is -3.59. The van der Waals surface area contributed by atoms with Gasteiger partial charge in [0.25, 0.3) is 11.1 Å². The molecule has 0 saturated carbocycles. The molecule has 0 bridgehead atoms. The molecule has 7 rings (SSSR count). The standard InChI is InChI=1S/C22H28BrClN4O4S.C15H23ClN4O2/c1-15-11-18(4-5-19(15)23)33(30,31)27-8-6-17(7-9-27)28-22(29)21(24)20(13-26-28)25-12-16-3-2-10-32-14-16;16-14-13(18-8-11-2-1-7-22-10-11)9-19-20(15(14)21)12-3-5-17-6-4-12/h4-5,11,13,16-17,25H,2-3,6-10,12,14H2,1H3;9,11-12,17-18H,1-8,10H2/t16-;11-/m00/s1. The molecule has 4 aliphatic rings. The van der Waals surface area contributed by atoms with Crippen molar-refractivity contribution in [2.24, 2.45) is 11.8 Å². The van der Waals surface area contributed by atoms with Gasteiger partial charge in [0.15, 0.2) is 0 Å². The van der Waals surface area contributed by atoms with E-state index in [1.165, 1.54) is 13.7 Å². The van der Waals surface area contributed by atoms with Crippen LogP contribution >= 0.6 is 39.1 Å². The number of benzene rings is 1. The Balaban J connectivity index is 0.000000203. The van der Waals surface area contributed by atoms with Crippen molar-refractivity contribution in [3.05, 3.63) is 71.4 Å². The SMILES string of the molecule is Cc1cc(S(=O)(=O)N2CCC(n3ncc(NC[C@@H]4CCCOC4)c(Cl)c3=O)CC2)ccc1Br.O=c1c(Cl)c(NC[C@@H]2CCCOC2)cnn1C1CCNCC1. The van der Waals surface area contributed by atoms with Crippen LogP contribution in [0, 0.1) is 18.8 Å². The van der Waals surface area contributed by atoms with Crippen molar-refractivity contribution in [1.29, 1.82) is 0 Å². The summed E-state index contributed by atoms with van der Waals surface area (Å²) in [4.78, 5) is 25.6. The van der Waals surface area contributed by atoms with Crippen molar-refractivity contribution in [2.45, 2.75) is 75.3 Å². The maximum atomic E-state index is 13.1. The lowest BCUT2D eigenvalue weighted by atomic mass is 10.0. The van der Waals surface area contributed by atoms with Gasteiger partial charge in [-0.25, -0.2) is 17.8 Å². The molecule has 14 nitrogen and oxygen atoms in total. The van der Waals surface area contributed by atoms with E-state index in [1.807, 2.05) is 6.92 Å². The van der Waals surface area contributed by atoms with E-state index in [0.29, 0.717) is 62.3 Å². The minimum Gasteiger partial charge on any atom is -0.382 e. The fraction of sp³-hybridized carbons (Fsp3) is 0.622. The highest BCUT2D eigenvalue weighted by atomic mass is 79.9. The predicted octanol–water partition coefficient (Wildman–Crippen LogP) is 5.49. The van der Waals surface area contributed by atoms with Gasteiger partial charge in [0.05, 0.1) is 54.0 Å². The number of sulfonamides is 1. The van der Waals surface area contributed by atoms with E-state index in [1.54, 1.807) is 30.6 Å². The van der Waals surface area contributed by atoms with Gasteiger partial charge in [0.2, 0.25) is 10.0 Å². The number of hydrogen-bond acceptors (Lipinski definition) is 11. The Morgan fingerprint density at radius 2 is 1.33 bits per heavy atom. The molecule has 0 unspecified atom stereocenters. The summed E-state index contributed by atoms with van der Waals surface area (Å²) in [5.74, 6) is 0.856. The fourth-order valence-corrected chi connectivity index (χ4v) is 9.61. The molecule has 18 heteroatoms. The normalized spacial score (nSPS) is 21.7. The Hall–Kier alpha value is -2.57. The van der Waals surface area contributed by atoms with Crippen molar-refractivity contribution in [2.75, 3.05) is 76.3 Å². The van der Waals surface area contributed by atoms with E-state index >= 15 is 0 Å². The summed E-state index contributed by atoms with van der Waals surface area (Å²) in [5.41, 5.74) is 1.46. The van der Waals surface area contributed by atoms with Crippen LogP contribution in [0.4, 0.5) is 11.4 Å². The molecule has 4 fully saturated rings. The number of aryl methyl sites for hydroxylation is 1. The largest absolute Gasteiger partial charge is 0.382 e. The summed E-state index contributed by atoms with van der Waals surface area (Å²) in [6.07, 6.45) is 10.4. The molecular weight excluding hydrogens is 835 g/mol. The van der Waals surface area contributed by atoms with Crippen LogP contribution in [0.2, 0.25) is 10.0 Å². The molecule has 302 valence electrons. The van der Waals surface area contributed by atoms with Crippen LogP contribution in [0.3, 0.4) is 0 Å². The van der Waals surface area contributed by atoms with E-state index < -0.39 is 10.0 Å². The van der Waals surface area contributed by atoms with Gasteiger partial charge >= 0.3 is 0 Å². The summed E-state index contributed by atoms with van der Waals surface area (Å²) < 4.78 is 42.3. The third kappa shape index (κ3) is 10.7. The third-order valence-corrected chi connectivity index (χ3v) is 14.3.